The van der Waals surface area contributed by atoms with E-state index in [9.17, 15) is 18.0 Å². The number of ether oxygens (including phenoxy) is 3. The van der Waals surface area contributed by atoms with E-state index in [0.29, 0.717) is 0 Å². The number of esters is 1. The molecule has 0 aliphatic carbocycles. The van der Waals surface area contributed by atoms with E-state index in [1.165, 1.54) is 12.1 Å². The molecule has 0 radical (unpaired) electrons. The molecule has 0 amide bonds. The minimum Gasteiger partial charge on any atom is -0.458 e. The molecule has 1 aromatic rings. The van der Waals surface area contributed by atoms with Gasteiger partial charge in [0, 0.05) is 6.42 Å². The fourth-order valence-corrected chi connectivity index (χ4v) is 2.99. The van der Waals surface area contributed by atoms with Gasteiger partial charge in [-0.25, -0.2) is 13.2 Å². The number of rotatable bonds is 9. The van der Waals surface area contributed by atoms with Crippen molar-refractivity contribution in [3.8, 4) is 0 Å². The van der Waals surface area contributed by atoms with Crippen molar-refractivity contribution in [2.24, 2.45) is 0 Å². The van der Waals surface area contributed by atoms with Crippen molar-refractivity contribution in [3.63, 3.8) is 0 Å². The van der Waals surface area contributed by atoms with Gasteiger partial charge in [0.25, 0.3) is 5.12 Å². The van der Waals surface area contributed by atoms with Crippen LogP contribution in [0, 0.1) is 6.92 Å². The molecule has 0 aromatic heterocycles. The van der Waals surface area contributed by atoms with Crippen molar-refractivity contribution >= 4 is 20.9 Å². The van der Waals surface area contributed by atoms with Crippen LogP contribution < -0.4 is 0 Å². The molecule has 0 atom stereocenters. The Bertz CT molecular complexity index is 700. The second kappa shape index (κ2) is 9.80. The Morgan fingerprint density at radius 3 is 2.12 bits per heavy atom. The molecule has 0 saturated heterocycles. The van der Waals surface area contributed by atoms with Gasteiger partial charge >= 0.3 is 5.97 Å². The summed E-state index contributed by atoms with van der Waals surface area (Å²) < 4.78 is 39.6. The standard InChI is InChI=1S/C18H26O7S/c1-14-5-7-15(8-6-14)26(21,22)17(20)9-10-23-11-12-24-13-16(19)25-18(2,3)4/h5-8H,9-13H2,1-4H3. The van der Waals surface area contributed by atoms with Gasteiger partial charge < -0.3 is 14.2 Å². The molecule has 26 heavy (non-hydrogen) atoms. The highest BCUT2D eigenvalue weighted by molar-refractivity contribution is 8.06. The van der Waals surface area contributed by atoms with E-state index in [1.807, 2.05) is 6.92 Å². The maximum atomic E-state index is 12.1. The molecule has 0 spiro atoms. The number of benzene rings is 1. The van der Waals surface area contributed by atoms with E-state index >= 15 is 0 Å². The maximum Gasteiger partial charge on any atom is 0.332 e. The first kappa shape index (κ1) is 22.3. The summed E-state index contributed by atoms with van der Waals surface area (Å²) in [6, 6.07) is 6.10. The lowest BCUT2D eigenvalue weighted by Crippen LogP contribution is -2.27. The second-order valence-corrected chi connectivity index (χ2v) is 8.62. The van der Waals surface area contributed by atoms with E-state index in [-0.39, 0.29) is 37.7 Å². The lowest BCUT2D eigenvalue weighted by atomic mass is 10.2. The van der Waals surface area contributed by atoms with Crippen LogP contribution in [0.4, 0.5) is 0 Å². The molecule has 0 heterocycles. The fraction of sp³-hybridized carbons (Fsp3) is 0.556. The van der Waals surface area contributed by atoms with Crippen molar-refractivity contribution in [2.45, 2.75) is 44.6 Å². The average molecular weight is 386 g/mol. The molecule has 0 aliphatic rings. The van der Waals surface area contributed by atoms with Crippen LogP contribution >= 0.6 is 0 Å². The molecule has 0 N–H and O–H groups in total. The van der Waals surface area contributed by atoms with Crippen LogP contribution in [-0.2, 0) is 33.6 Å². The summed E-state index contributed by atoms with van der Waals surface area (Å²) in [4.78, 5) is 23.3. The van der Waals surface area contributed by atoms with Crippen LogP contribution in [0.1, 0.15) is 32.8 Å². The zero-order valence-corrected chi connectivity index (χ0v) is 16.4. The van der Waals surface area contributed by atoms with E-state index in [0.717, 1.165) is 5.56 Å². The molecule has 0 bridgehead atoms. The third-order valence-electron chi connectivity index (χ3n) is 3.09. The summed E-state index contributed by atoms with van der Waals surface area (Å²) in [5.74, 6) is -0.475. The topological polar surface area (TPSA) is 96.0 Å². The average Bonchev–Trinajstić information content (AvgIpc) is 2.52. The van der Waals surface area contributed by atoms with Crippen LogP contribution in [0.2, 0.25) is 0 Å². The van der Waals surface area contributed by atoms with Gasteiger partial charge in [-0.1, -0.05) is 17.7 Å². The highest BCUT2D eigenvalue weighted by Gasteiger charge is 2.24. The minimum atomic E-state index is -3.99. The van der Waals surface area contributed by atoms with Gasteiger partial charge in [0.1, 0.15) is 12.2 Å². The monoisotopic (exact) mass is 386 g/mol. The fourth-order valence-electron chi connectivity index (χ4n) is 1.89. The third kappa shape index (κ3) is 8.07. The van der Waals surface area contributed by atoms with Crippen molar-refractivity contribution in [2.75, 3.05) is 26.4 Å². The first-order valence-electron chi connectivity index (χ1n) is 8.24. The smallest absolute Gasteiger partial charge is 0.332 e. The molecule has 7 nitrogen and oxygen atoms in total. The number of carbonyl (C=O) groups excluding carboxylic acids is 2. The normalized spacial score (nSPS) is 12.0. The lowest BCUT2D eigenvalue weighted by molar-refractivity contribution is -0.160. The van der Waals surface area contributed by atoms with Crippen molar-refractivity contribution in [1.29, 1.82) is 0 Å². The minimum absolute atomic E-state index is 0.0196. The van der Waals surface area contributed by atoms with Crippen molar-refractivity contribution in [3.05, 3.63) is 29.8 Å². The van der Waals surface area contributed by atoms with Gasteiger partial charge in [-0.2, -0.15) is 0 Å². The highest BCUT2D eigenvalue weighted by atomic mass is 32.2. The van der Waals surface area contributed by atoms with Crippen LogP contribution in [0.5, 0.6) is 0 Å². The Morgan fingerprint density at radius 1 is 0.962 bits per heavy atom. The Labute approximate surface area is 154 Å². The summed E-state index contributed by atoms with van der Waals surface area (Å²) in [5.41, 5.74) is 0.339. The van der Waals surface area contributed by atoms with Crippen LogP contribution in [-0.4, -0.2) is 51.5 Å². The number of hydrogen-bond donors (Lipinski definition) is 0. The van der Waals surface area contributed by atoms with E-state index < -0.39 is 26.5 Å². The molecule has 0 fully saturated rings. The van der Waals surface area contributed by atoms with Gasteiger partial charge in [0.2, 0.25) is 9.84 Å². The molecule has 1 rings (SSSR count). The van der Waals surface area contributed by atoms with Gasteiger partial charge in [0.15, 0.2) is 0 Å². The Balaban J connectivity index is 2.24. The molecule has 0 aliphatic heterocycles. The lowest BCUT2D eigenvalue weighted by Gasteiger charge is -2.19. The second-order valence-electron chi connectivity index (χ2n) is 6.69. The molecule has 1 aromatic carbocycles. The molecular formula is C18H26O7S. The summed E-state index contributed by atoms with van der Waals surface area (Å²) in [6.07, 6.45) is -0.248. The van der Waals surface area contributed by atoms with Gasteiger partial charge in [-0.3, -0.25) is 4.79 Å². The largest absolute Gasteiger partial charge is 0.458 e. The zero-order valence-electron chi connectivity index (χ0n) is 15.6. The maximum absolute atomic E-state index is 12.1. The Hall–Kier alpha value is -1.77. The number of carbonyl (C=O) groups is 2. The van der Waals surface area contributed by atoms with Crippen LogP contribution in [0.25, 0.3) is 0 Å². The summed E-state index contributed by atoms with van der Waals surface area (Å²) in [7, 11) is -3.99. The molecule has 8 heteroatoms. The first-order chi connectivity index (χ1) is 12.0. The highest BCUT2D eigenvalue weighted by Crippen LogP contribution is 2.14. The predicted octanol–water partition coefficient (Wildman–Crippen LogP) is 2.06. The number of aryl methyl sites for hydroxylation is 1. The zero-order chi connectivity index (χ0) is 19.8. The van der Waals surface area contributed by atoms with E-state index in [1.54, 1.807) is 32.9 Å². The number of hydrogen-bond acceptors (Lipinski definition) is 7. The third-order valence-corrected chi connectivity index (χ3v) is 4.79. The van der Waals surface area contributed by atoms with Crippen LogP contribution in [0.15, 0.2) is 29.2 Å². The number of sulfone groups is 1. The van der Waals surface area contributed by atoms with Gasteiger partial charge in [-0.15, -0.1) is 0 Å². The Morgan fingerprint density at radius 2 is 1.54 bits per heavy atom. The van der Waals surface area contributed by atoms with E-state index in [4.69, 9.17) is 14.2 Å². The van der Waals surface area contributed by atoms with Gasteiger partial charge in [-0.05, 0) is 39.8 Å². The van der Waals surface area contributed by atoms with Crippen molar-refractivity contribution < 1.29 is 32.2 Å². The van der Waals surface area contributed by atoms with Crippen molar-refractivity contribution in [1.82, 2.24) is 0 Å². The summed E-state index contributed by atoms with van der Waals surface area (Å²) in [5, 5.41) is -0.893. The summed E-state index contributed by atoms with van der Waals surface area (Å²) >= 11 is 0. The van der Waals surface area contributed by atoms with Crippen LogP contribution in [0.3, 0.4) is 0 Å². The van der Waals surface area contributed by atoms with Gasteiger partial charge in [0.05, 0.1) is 24.7 Å². The first-order valence-corrected chi connectivity index (χ1v) is 9.72. The van der Waals surface area contributed by atoms with E-state index in [2.05, 4.69) is 0 Å². The predicted molar refractivity (Wildman–Crippen MR) is 95.5 cm³/mol. The molecule has 0 saturated carbocycles. The Kier molecular flexibility index (Phi) is 8.39. The molecular weight excluding hydrogens is 360 g/mol. The quantitative estimate of drug-likeness (QED) is 0.473. The molecule has 146 valence electrons. The SMILES string of the molecule is Cc1ccc(S(=O)(=O)C(=O)CCOCCOCC(=O)OC(C)(C)C)cc1. The summed E-state index contributed by atoms with van der Waals surface area (Å²) in [6.45, 7) is 7.15. The molecule has 0 unspecified atom stereocenters.